The van der Waals surface area contributed by atoms with Crippen LogP contribution in [0.5, 0.6) is 0 Å². The van der Waals surface area contributed by atoms with Gasteiger partial charge < -0.3 is 39.4 Å². The van der Waals surface area contributed by atoms with Crippen LogP contribution in [0, 0.1) is 0 Å². The van der Waals surface area contributed by atoms with Crippen LogP contribution in [0.25, 0.3) is 11.1 Å². The van der Waals surface area contributed by atoms with Crippen LogP contribution in [0.15, 0.2) is 60.9 Å². The topological polar surface area (TPSA) is 178 Å². The van der Waals surface area contributed by atoms with Crippen molar-refractivity contribution < 1.29 is 43.3 Å². The van der Waals surface area contributed by atoms with Crippen molar-refractivity contribution in [3.8, 4) is 11.1 Å². The maximum absolute atomic E-state index is 13.6. The highest BCUT2D eigenvalue weighted by molar-refractivity contribution is 5.86. The number of benzene rings is 2. The molecule has 14 heteroatoms. The molecule has 2 aromatic carbocycles. The first kappa shape index (κ1) is 45.5. The fourth-order valence-corrected chi connectivity index (χ4v) is 7.23. The van der Waals surface area contributed by atoms with Gasteiger partial charge in [0.05, 0.1) is 0 Å². The van der Waals surface area contributed by atoms with Crippen LogP contribution in [0.2, 0.25) is 0 Å². The van der Waals surface area contributed by atoms with Gasteiger partial charge in [-0.25, -0.2) is 14.6 Å². The first-order chi connectivity index (χ1) is 27.3. The number of carbonyl (C=O) groups excluding carboxylic acids is 4. The zero-order chi connectivity index (χ0) is 42.7. The highest BCUT2D eigenvalue weighted by atomic mass is 16.6. The number of carboxylic acids is 1. The van der Waals surface area contributed by atoms with Gasteiger partial charge in [-0.15, -0.1) is 0 Å². The predicted octanol–water partition coefficient (Wildman–Crippen LogP) is 6.25. The third-order valence-corrected chi connectivity index (χ3v) is 9.70. The second-order valence-corrected chi connectivity index (χ2v) is 17.2. The van der Waals surface area contributed by atoms with E-state index in [0.29, 0.717) is 31.6 Å². The molecule has 58 heavy (non-hydrogen) atoms. The largest absolute Gasteiger partial charge is 0.480 e. The lowest BCUT2D eigenvalue weighted by molar-refractivity contribution is -0.164. The summed E-state index contributed by atoms with van der Waals surface area (Å²) in [6.07, 6.45) is 6.06. The third-order valence-electron chi connectivity index (χ3n) is 9.70. The molecule has 0 saturated carbocycles. The van der Waals surface area contributed by atoms with Gasteiger partial charge in [0.2, 0.25) is 5.91 Å². The number of imidazole rings is 1. The number of rotatable bonds is 20. The van der Waals surface area contributed by atoms with E-state index in [-0.39, 0.29) is 25.5 Å². The maximum atomic E-state index is 13.6. The Morgan fingerprint density at radius 1 is 0.862 bits per heavy atom. The number of hydrogen-bond donors (Lipinski definition) is 3. The molecule has 0 aliphatic heterocycles. The summed E-state index contributed by atoms with van der Waals surface area (Å²) in [5, 5.41) is 16.0. The van der Waals surface area contributed by atoms with E-state index in [2.05, 4.69) is 41.6 Å². The molecule has 0 bridgehead atoms. The molecule has 2 amide bonds. The molecule has 0 fully saturated rings. The maximum Gasteiger partial charge on any atom is 0.407 e. The van der Waals surface area contributed by atoms with Crippen molar-refractivity contribution in [3.63, 3.8) is 0 Å². The number of alkyl carbamates (subject to hydrolysis) is 1. The summed E-state index contributed by atoms with van der Waals surface area (Å²) in [6.45, 7) is 14.2. The molecule has 2 atom stereocenters. The average molecular weight is 804 g/mol. The van der Waals surface area contributed by atoms with Crippen LogP contribution in [0.4, 0.5) is 4.79 Å². The molecule has 1 aliphatic rings. The van der Waals surface area contributed by atoms with Crippen LogP contribution < -0.4 is 10.6 Å². The van der Waals surface area contributed by atoms with Crippen molar-refractivity contribution in [1.29, 1.82) is 0 Å². The molecule has 1 aromatic heterocycles. The van der Waals surface area contributed by atoms with Crippen molar-refractivity contribution >= 4 is 29.9 Å². The predicted molar refractivity (Wildman–Crippen MR) is 219 cm³/mol. The number of aromatic nitrogens is 2. The minimum absolute atomic E-state index is 0.0922. The van der Waals surface area contributed by atoms with Crippen molar-refractivity contribution in [2.24, 2.45) is 0 Å². The Labute approximate surface area is 342 Å². The Bertz CT molecular complexity index is 1820. The molecule has 1 aliphatic carbocycles. The first-order valence-electron chi connectivity index (χ1n) is 20.1. The number of nitrogens with zero attached hydrogens (tertiary/aromatic N) is 3. The van der Waals surface area contributed by atoms with E-state index in [0.717, 1.165) is 40.0 Å². The summed E-state index contributed by atoms with van der Waals surface area (Å²) in [6, 6.07) is 14.9. The number of fused-ring (bicyclic) bond motifs is 3. The highest BCUT2D eigenvalue weighted by Gasteiger charge is 2.31. The van der Waals surface area contributed by atoms with Gasteiger partial charge in [-0.3, -0.25) is 14.4 Å². The van der Waals surface area contributed by atoms with E-state index in [9.17, 15) is 29.1 Å². The Morgan fingerprint density at radius 2 is 1.43 bits per heavy atom. The Morgan fingerprint density at radius 3 is 1.97 bits per heavy atom. The van der Waals surface area contributed by atoms with Crippen LogP contribution in [-0.4, -0.2) is 98.5 Å². The van der Waals surface area contributed by atoms with Crippen LogP contribution in [0.1, 0.15) is 110 Å². The zero-order valence-corrected chi connectivity index (χ0v) is 35.3. The third kappa shape index (κ3) is 13.7. The van der Waals surface area contributed by atoms with Gasteiger partial charge >= 0.3 is 24.0 Å². The van der Waals surface area contributed by atoms with Crippen molar-refractivity contribution in [2.75, 3.05) is 26.2 Å². The van der Waals surface area contributed by atoms with E-state index in [1.807, 2.05) is 36.4 Å². The minimum Gasteiger partial charge on any atom is -0.480 e. The van der Waals surface area contributed by atoms with Gasteiger partial charge in [-0.2, -0.15) is 0 Å². The number of esters is 2. The van der Waals surface area contributed by atoms with Gasteiger partial charge in [0, 0.05) is 30.3 Å². The SMILES string of the molecule is CCCC(C)(Cc1nccn1CC(=O)N(CC(=O)OC(C)(C)C)CC(=O)OC(C)(C)C)NCCCCC(NC(=O)OCC1c2ccccc2-c2ccccc21)C(=O)O. The van der Waals surface area contributed by atoms with Gasteiger partial charge in [0.25, 0.3) is 0 Å². The van der Waals surface area contributed by atoms with Crippen molar-refractivity contribution in [3.05, 3.63) is 77.9 Å². The van der Waals surface area contributed by atoms with E-state index in [1.54, 1.807) is 58.5 Å². The molecule has 0 radical (unpaired) electrons. The summed E-state index contributed by atoms with van der Waals surface area (Å²) in [5.74, 6) is -2.37. The van der Waals surface area contributed by atoms with Crippen molar-refractivity contribution in [1.82, 2.24) is 25.1 Å². The number of carboxylic acid groups (broad SMARTS) is 1. The minimum atomic E-state index is -1.13. The Kier molecular flexibility index (Phi) is 15.6. The van der Waals surface area contributed by atoms with E-state index >= 15 is 0 Å². The average Bonchev–Trinajstić information content (AvgIpc) is 3.68. The van der Waals surface area contributed by atoms with Gasteiger partial charge in [0.15, 0.2) is 0 Å². The van der Waals surface area contributed by atoms with Gasteiger partial charge in [0.1, 0.15) is 49.3 Å². The monoisotopic (exact) mass is 803 g/mol. The Balaban J connectivity index is 1.29. The number of amides is 2. The normalized spacial score (nSPS) is 14.1. The summed E-state index contributed by atoms with van der Waals surface area (Å²) in [7, 11) is 0. The fraction of sp³-hybridized carbons (Fsp3) is 0.545. The van der Waals surface area contributed by atoms with E-state index < -0.39 is 65.8 Å². The molecule has 14 nitrogen and oxygen atoms in total. The molecule has 1 heterocycles. The quantitative estimate of drug-likeness (QED) is 0.0669. The smallest absolute Gasteiger partial charge is 0.407 e. The van der Waals surface area contributed by atoms with Gasteiger partial charge in [-0.1, -0.05) is 61.9 Å². The number of nitrogens with one attached hydrogen (secondary N) is 2. The van der Waals surface area contributed by atoms with Gasteiger partial charge in [-0.05, 0) is 103 Å². The Hall–Kier alpha value is -5.24. The van der Waals surface area contributed by atoms with E-state index in [1.165, 1.54) is 0 Å². The molecule has 3 N–H and O–H groups in total. The number of aliphatic carboxylic acids is 1. The molecule has 4 rings (SSSR count). The standard InChI is InChI=1S/C44H61N5O9/c1-9-21-44(8,25-36-45-23-24-48(36)26-37(50)49(27-38(51)57-42(2,3)4)28-39(52)58-43(5,6)7)46-22-15-14-20-35(40(53)54)47-41(55)56-29-34-32-18-12-10-16-30(32)31-17-11-13-19-33(31)34/h10-13,16-19,23-24,34-35,46H,9,14-15,20-22,25-29H2,1-8H3,(H,47,55)(H,53,54). The summed E-state index contributed by atoms with van der Waals surface area (Å²) in [4.78, 5) is 69.7. The molecular weight excluding hydrogens is 743 g/mol. The van der Waals surface area contributed by atoms with Crippen LogP contribution >= 0.6 is 0 Å². The molecule has 0 spiro atoms. The fourth-order valence-electron chi connectivity index (χ4n) is 7.23. The second-order valence-electron chi connectivity index (χ2n) is 17.2. The van der Waals surface area contributed by atoms with Crippen LogP contribution in [-0.2, 0) is 46.4 Å². The molecule has 316 valence electrons. The summed E-state index contributed by atoms with van der Waals surface area (Å²) >= 11 is 0. The van der Waals surface area contributed by atoms with Crippen LogP contribution in [0.3, 0.4) is 0 Å². The first-order valence-corrected chi connectivity index (χ1v) is 20.1. The summed E-state index contributed by atoms with van der Waals surface area (Å²) < 4.78 is 18.2. The lowest BCUT2D eigenvalue weighted by atomic mass is 9.91. The molecular formula is C44H61N5O9. The lowest BCUT2D eigenvalue weighted by Gasteiger charge is -2.31. The zero-order valence-electron chi connectivity index (χ0n) is 35.3. The summed E-state index contributed by atoms with van der Waals surface area (Å²) in [5.41, 5.74) is 2.40. The highest BCUT2D eigenvalue weighted by Crippen LogP contribution is 2.44. The number of carbonyl (C=O) groups is 5. The van der Waals surface area contributed by atoms with E-state index in [4.69, 9.17) is 14.2 Å². The number of unbranched alkanes of at least 4 members (excludes halogenated alkanes) is 1. The lowest BCUT2D eigenvalue weighted by Crippen LogP contribution is -2.46. The number of hydrogen-bond acceptors (Lipinski definition) is 10. The molecule has 2 unspecified atom stereocenters. The second kappa shape index (κ2) is 20.0. The molecule has 0 saturated heterocycles. The number of ether oxygens (including phenoxy) is 3. The van der Waals surface area contributed by atoms with Crippen molar-refractivity contribution in [2.45, 2.75) is 129 Å². The molecule has 3 aromatic rings.